The number of benzene rings is 1. The molecule has 7 heteroatoms. The van der Waals surface area contributed by atoms with Crippen molar-refractivity contribution in [2.45, 2.75) is 0 Å². The number of piperazine rings is 1. The Bertz CT molecular complexity index is 610. The largest absolute Gasteiger partial charge is 0.336 e. The highest BCUT2D eigenvalue weighted by Gasteiger charge is 2.22. The summed E-state index contributed by atoms with van der Waals surface area (Å²) in [5, 5.41) is 0. The van der Waals surface area contributed by atoms with Crippen LogP contribution in [-0.4, -0.2) is 68.9 Å². The van der Waals surface area contributed by atoms with Gasteiger partial charge >= 0.3 is 0 Å². The molecule has 0 aliphatic carbocycles. The van der Waals surface area contributed by atoms with Crippen LogP contribution in [-0.2, 0) is 9.84 Å². The van der Waals surface area contributed by atoms with Crippen LogP contribution in [0.25, 0.3) is 0 Å². The molecule has 1 amide bonds. The van der Waals surface area contributed by atoms with Crippen LogP contribution in [0.3, 0.4) is 0 Å². The third kappa shape index (κ3) is 5.09. The zero-order valence-electron chi connectivity index (χ0n) is 12.0. The second-order valence-electron chi connectivity index (χ2n) is 5.27. The first-order valence-electron chi connectivity index (χ1n) is 6.80. The highest BCUT2D eigenvalue weighted by Crippen LogP contribution is 2.14. The molecule has 1 fully saturated rings. The lowest BCUT2D eigenvalue weighted by atomic mass is 10.2. The van der Waals surface area contributed by atoms with Crippen LogP contribution >= 0.6 is 15.9 Å². The van der Waals surface area contributed by atoms with Crippen molar-refractivity contribution in [2.24, 2.45) is 0 Å². The molecular formula is C14H19BrN2O3S. The maximum Gasteiger partial charge on any atom is 0.253 e. The van der Waals surface area contributed by atoms with Gasteiger partial charge in [-0.2, -0.15) is 0 Å². The number of hydrogen-bond acceptors (Lipinski definition) is 4. The first-order chi connectivity index (χ1) is 9.85. The van der Waals surface area contributed by atoms with Gasteiger partial charge in [-0.05, 0) is 18.2 Å². The summed E-state index contributed by atoms with van der Waals surface area (Å²) in [5.41, 5.74) is 0.675. The smallest absolute Gasteiger partial charge is 0.253 e. The van der Waals surface area contributed by atoms with E-state index >= 15 is 0 Å². The Kier molecular flexibility index (Phi) is 5.40. The van der Waals surface area contributed by atoms with Crippen LogP contribution in [0.2, 0.25) is 0 Å². The van der Waals surface area contributed by atoms with E-state index in [1.807, 2.05) is 29.2 Å². The summed E-state index contributed by atoms with van der Waals surface area (Å²) in [4.78, 5) is 16.3. The van der Waals surface area contributed by atoms with E-state index in [-0.39, 0.29) is 11.7 Å². The molecule has 21 heavy (non-hydrogen) atoms. The molecule has 0 N–H and O–H groups in total. The number of carbonyl (C=O) groups excluding carboxylic acids is 1. The molecule has 0 radical (unpaired) electrons. The van der Waals surface area contributed by atoms with Crippen LogP contribution in [0.5, 0.6) is 0 Å². The predicted molar refractivity (Wildman–Crippen MR) is 86.2 cm³/mol. The third-order valence-corrected chi connectivity index (χ3v) is 4.93. The molecular weight excluding hydrogens is 356 g/mol. The Morgan fingerprint density at radius 3 is 2.48 bits per heavy atom. The Labute approximate surface area is 134 Å². The molecule has 0 atom stereocenters. The SMILES string of the molecule is CS(=O)(=O)CCN1CCN(C(=O)c2cccc(Br)c2)CC1. The highest BCUT2D eigenvalue weighted by atomic mass is 79.9. The molecule has 1 aromatic carbocycles. The summed E-state index contributed by atoms with van der Waals surface area (Å²) >= 11 is 3.37. The number of halogens is 1. The average molecular weight is 375 g/mol. The van der Waals surface area contributed by atoms with Gasteiger partial charge in [-0.1, -0.05) is 22.0 Å². The zero-order chi connectivity index (χ0) is 15.5. The molecule has 2 rings (SSSR count). The number of hydrogen-bond donors (Lipinski definition) is 0. The standard InChI is InChI=1S/C14H19BrN2O3S/c1-21(19,20)10-9-16-5-7-17(8-6-16)14(18)12-3-2-4-13(15)11-12/h2-4,11H,5-10H2,1H3. The maximum atomic E-state index is 12.4. The molecule has 0 aromatic heterocycles. The molecule has 1 saturated heterocycles. The van der Waals surface area contributed by atoms with Crippen LogP contribution in [0.1, 0.15) is 10.4 Å². The lowest BCUT2D eigenvalue weighted by molar-refractivity contribution is 0.0644. The van der Waals surface area contributed by atoms with Gasteiger partial charge in [0.2, 0.25) is 0 Å². The van der Waals surface area contributed by atoms with E-state index in [1.54, 1.807) is 0 Å². The monoisotopic (exact) mass is 374 g/mol. The summed E-state index contributed by atoms with van der Waals surface area (Å²) in [5.74, 6) is 0.200. The van der Waals surface area contributed by atoms with E-state index in [9.17, 15) is 13.2 Å². The summed E-state index contributed by atoms with van der Waals surface area (Å²) in [6, 6.07) is 7.36. The molecule has 0 spiro atoms. The topological polar surface area (TPSA) is 57.7 Å². The van der Waals surface area contributed by atoms with Crippen molar-refractivity contribution in [1.29, 1.82) is 0 Å². The molecule has 0 saturated carbocycles. The van der Waals surface area contributed by atoms with Gasteiger partial charge in [-0.15, -0.1) is 0 Å². The number of amides is 1. The van der Waals surface area contributed by atoms with E-state index in [0.29, 0.717) is 25.2 Å². The molecule has 0 bridgehead atoms. The normalized spacial score (nSPS) is 17.0. The molecule has 5 nitrogen and oxygen atoms in total. The second kappa shape index (κ2) is 6.89. The van der Waals surface area contributed by atoms with Crippen LogP contribution < -0.4 is 0 Å². The summed E-state index contributed by atoms with van der Waals surface area (Å²) in [6.07, 6.45) is 1.25. The van der Waals surface area contributed by atoms with E-state index in [4.69, 9.17) is 0 Å². The predicted octanol–water partition coefficient (Wildman–Crippen LogP) is 1.25. The fourth-order valence-electron chi connectivity index (χ4n) is 2.27. The van der Waals surface area contributed by atoms with Gasteiger partial charge in [-0.3, -0.25) is 9.69 Å². The van der Waals surface area contributed by atoms with Crippen LogP contribution in [0.15, 0.2) is 28.7 Å². The summed E-state index contributed by atoms with van der Waals surface area (Å²) < 4.78 is 23.2. The average Bonchev–Trinajstić information content (AvgIpc) is 2.44. The Hall–Kier alpha value is -0.920. The number of sulfone groups is 1. The maximum absolute atomic E-state index is 12.4. The van der Waals surface area contributed by atoms with Crippen molar-refractivity contribution < 1.29 is 13.2 Å². The molecule has 1 heterocycles. The van der Waals surface area contributed by atoms with Gasteiger partial charge in [0.1, 0.15) is 9.84 Å². The molecule has 1 aliphatic rings. The van der Waals surface area contributed by atoms with Crippen molar-refractivity contribution in [2.75, 3.05) is 44.7 Å². The summed E-state index contributed by atoms with van der Waals surface area (Å²) in [6.45, 7) is 3.24. The lowest BCUT2D eigenvalue weighted by Gasteiger charge is -2.34. The van der Waals surface area contributed by atoms with Gasteiger partial charge in [0, 0.05) is 49.0 Å². The third-order valence-electron chi connectivity index (χ3n) is 3.51. The van der Waals surface area contributed by atoms with E-state index in [0.717, 1.165) is 17.6 Å². The Morgan fingerprint density at radius 1 is 1.24 bits per heavy atom. The molecule has 116 valence electrons. The van der Waals surface area contributed by atoms with Gasteiger partial charge < -0.3 is 4.90 Å². The van der Waals surface area contributed by atoms with Gasteiger partial charge in [-0.25, -0.2) is 8.42 Å². The fraction of sp³-hybridized carbons (Fsp3) is 0.500. The van der Waals surface area contributed by atoms with E-state index in [1.165, 1.54) is 6.26 Å². The minimum Gasteiger partial charge on any atom is -0.336 e. The van der Waals surface area contributed by atoms with Gasteiger partial charge in [0.25, 0.3) is 5.91 Å². The molecule has 1 aromatic rings. The van der Waals surface area contributed by atoms with Gasteiger partial charge in [0.05, 0.1) is 5.75 Å². The molecule has 0 unspecified atom stereocenters. The van der Waals surface area contributed by atoms with Crippen LogP contribution in [0.4, 0.5) is 0 Å². The number of carbonyl (C=O) groups is 1. The minimum absolute atomic E-state index is 0.0269. The van der Waals surface area contributed by atoms with E-state index < -0.39 is 9.84 Å². The lowest BCUT2D eigenvalue weighted by Crippen LogP contribution is -2.49. The van der Waals surface area contributed by atoms with Crippen molar-refractivity contribution >= 4 is 31.7 Å². The fourth-order valence-corrected chi connectivity index (χ4v) is 3.26. The Morgan fingerprint density at radius 2 is 1.90 bits per heavy atom. The second-order valence-corrected chi connectivity index (χ2v) is 8.45. The highest BCUT2D eigenvalue weighted by molar-refractivity contribution is 9.10. The van der Waals surface area contributed by atoms with E-state index in [2.05, 4.69) is 20.8 Å². The van der Waals surface area contributed by atoms with Crippen LogP contribution in [0, 0.1) is 0 Å². The summed E-state index contributed by atoms with van der Waals surface area (Å²) in [7, 11) is -2.93. The first kappa shape index (κ1) is 16.5. The first-order valence-corrected chi connectivity index (χ1v) is 9.65. The Balaban J connectivity index is 1.87. The quantitative estimate of drug-likeness (QED) is 0.795. The van der Waals surface area contributed by atoms with Crippen molar-refractivity contribution in [3.63, 3.8) is 0 Å². The van der Waals surface area contributed by atoms with Gasteiger partial charge in [0.15, 0.2) is 0 Å². The van der Waals surface area contributed by atoms with Crippen molar-refractivity contribution in [3.05, 3.63) is 34.3 Å². The minimum atomic E-state index is -2.93. The van der Waals surface area contributed by atoms with Crippen molar-refractivity contribution in [1.82, 2.24) is 9.80 Å². The zero-order valence-corrected chi connectivity index (χ0v) is 14.4. The number of rotatable bonds is 4. The molecule has 1 aliphatic heterocycles. The van der Waals surface area contributed by atoms with Crippen molar-refractivity contribution in [3.8, 4) is 0 Å². The number of nitrogens with zero attached hydrogens (tertiary/aromatic N) is 2.